The topological polar surface area (TPSA) is 95.6 Å². The quantitative estimate of drug-likeness (QED) is 0.205. The van der Waals surface area contributed by atoms with Gasteiger partial charge in [0.2, 0.25) is 5.91 Å². The van der Waals surface area contributed by atoms with Crippen molar-refractivity contribution in [2.24, 2.45) is 16.6 Å². The number of carbonyl (C=O) groups excluding carboxylic acids is 1. The van der Waals surface area contributed by atoms with E-state index in [1.807, 2.05) is 6.20 Å². The van der Waals surface area contributed by atoms with E-state index >= 15 is 0 Å². The lowest BCUT2D eigenvalue weighted by Crippen LogP contribution is -2.40. The van der Waals surface area contributed by atoms with Crippen LogP contribution in [0.5, 0.6) is 0 Å². The van der Waals surface area contributed by atoms with Gasteiger partial charge in [0, 0.05) is 43.5 Å². The first-order valence-electron chi connectivity index (χ1n) is 9.46. The Morgan fingerprint density at radius 2 is 2.04 bits per heavy atom. The van der Waals surface area contributed by atoms with Crippen LogP contribution in [0.15, 0.2) is 11.2 Å². The van der Waals surface area contributed by atoms with Crippen LogP contribution in [0.3, 0.4) is 0 Å². The molecule has 0 atom stereocenters. The van der Waals surface area contributed by atoms with Crippen molar-refractivity contribution in [3.63, 3.8) is 0 Å². The average molecular weight is 508 g/mol. The summed E-state index contributed by atoms with van der Waals surface area (Å²) in [5.41, 5.74) is 5.38. The van der Waals surface area contributed by atoms with E-state index in [9.17, 15) is 4.79 Å². The Morgan fingerprint density at radius 1 is 1.33 bits per heavy atom. The standard InChI is InChI=1S/C18H32N6OS.HI/c1-14-13-23-16(26-14)5-9-22-18(20-2)21-8-3-4-10-24-11-6-15(7-12-24)17(19)25;/h13,15H,3-12H2,1-2H3,(H2,19,25)(H2,20,21,22);1H. The molecule has 0 aliphatic carbocycles. The van der Waals surface area contributed by atoms with Crippen LogP contribution in [0, 0.1) is 12.8 Å². The highest BCUT2D eigenvalue weighted by molar-refractivity contribution is 14.0. The molecule has 2 rings (SSSR count). The predicted molar refractivity (Wildman–Crippen MR) is 123 cm³/mol. The van der Waals surface area contributed by atoms with Gasteiger partial charge in [0.15, 0.2) is 5.96 Å². The Balaban J connectivity index is 0.00000364. The Hall–Kier alpha value is -0.940. The second-order valence-electron chi connectivity index (χ2n) is 6.77. The molecule has 0 unspecified atom stereocenters. The number of aryl methyl sites for hydroxylation is 1. The number of piperidine rings is 1. The van der Waals surface area contributed by atoms with Gasteiger partial charge in [-0.2, -0.15) is 0 Å². The van der Waals surface area contributed by atoms with Crippen LogP contribution >= 0.6 is 35.3 Å². The van der Waals surface area contributed by atoms with Gasteiger partial charge < -0.3 is 21.3 Å². The second kappa shape index (κ2) is 13.3. The third-order valence-electron chi connectivity index (χ3n) is 4.71. The lowest BCUT2D eigenvalue weighted by Gasteiger charge is -2.30. The molecule has 7 nitrogen and oxygen atoms in total. The van der Waals surface area contributed by atoms with Crippen LogP contribution in [-0.4, -0.2) is 61.5 Å². The first kappa shape index (κ1) is 24.1. The van der Waals surface area contributed by atoms with Crippen molar-refractivity contribution in [2.45, 2.75) is 39.0 Å². The largest absolute Gasteiger partial charge is 0.369 e. The van der Waals surface area contributed by atoms with Gasteiger partial charge in [0.25, 0.3) is 0 Å². The molecule has 0 bridgehead atoms. The number of hydrogen-bond acceptors (Lipinski definition) is 5. The van der Waals surface area contributed by atoms with Crippen LogP contribution in [0.1, 0.15) is 35.6 Å². The van der Waals surface area contributed by atoms with E-state index in [0.717, 1.165) is 75.8 Å². The summed E-state index contributed by atoms with van der Waals surface area (Å²) in [5.74, 6) is 0.786. The minimum absolute atomic E-state index is 0. The summed E-state index contributed by atoms with van der Waals surface area (Å²) < 4.78 is 0. The van der Waals surface area contributed by atoms with Crippen molar-refractivity contribution in [3.8, 4) is 0 Å². The van der Waals surface area contributed by atoms with E-state index in [-0.39, 0.29) is 35.8 Å². The van der Waals surface area contributed by atoms with Crippen molar-refractivity contribution in [1.82, 2.24) is 20.5 Å². The summed E-state index contributed by atoms with van der Waals surface area (Å²) in [4.78, 5) is 23.5. The van der Waals surface area contributed by atoms with Gasteiger partial charge >= 0.3 is 0 Å². The highest BCUT2D eigenvalue weighted by Crippen LogP contribution is 2.16. The lowest BCUT2D eigenvalue weighted by atomic mass is 9.96. The lowest BCUT2D eigenvalue weighted by molar-refractivity contribution is -0.123. The third-order valence-corrected chi connectivity index (χ3v) is 5.68. The van der Waals surface area contributed by atoms with Crippen molar-refractivity contribution in [1.29, 1.82) is 0 Å². The number of hydrogen-bond donors (Lipinski definition) is 3. The van der Waals surface area contributed by atoms with E-state index in [0.29, 0.717) is 0 Å². The summed E-state index contributed by atoms with van der Waals surface area (Å²) >= 11 is 1.74. The monoisotopic (exact) mass is 508 g/mol. The molecule has 0 radical (unpaired) electrons. The number of aromatic nitrogens is 1. The molecule has 1 aliphatic heterocycles. The maximum Gasteiger partial charge on any atom is 0.220 e. The first-order valence-corrected chi connectivity index (χ1v) is 10.3. The fourth-order valence-electron chi connectivity index (χ4n) is 3.13. The van der Waals surface area contributed by atoms with Crippen LogP contribution in [0.4, 0.5) is 0 Å². The molecule has 1 saturated heterocycles. The zero-order valence-corrected chi connectivity index (χ0v) is 19.5. The third kappa shape index (κ3) is 9.20. The number of guanidine groups is 1. The van der Waals surface area contributed by atoms with Gasteiger partial charge in [-0.3, -0.25) is 9.79 Å². The Kier molecular flexibility index (Phi) is 11.8. The molecule has 4 N–H and O–H groups in total. The molecule has 27 heavy (non-hydrogen) atoms. The molecule has 1 aromatic rings. The van der Waals surface area contributed by atoms with Crippen molar-refractivity contribution in [3.05, 3.63) is 16.1 Å². The second-order valence-corrected chi connectivity index (χ2v) is 8.09. The fraction of sp³-hybridized carbons (Fsp3) is 0.722. The Bertz CT molecular complexity index is 586. The number of likely N-dealkylation sites (tertiary alicyclic amines) is 1. The van der Waals surface area contributed by atoms with E-state index in [1.165, 1.54) is 4.88 Å². The molecular weight excluding hydrogens is 475 g/mol. The van der Waals surface area contributed by atoms with Crippen molar-refractivity contribution in [2.75, 3.05) is 39.8 Å². The number of nitrogens with zero attached hydrogens (tertiary/aromatic N) is 3. The Morgan fingerprint density at radius 3 is 2.63 bits per heavy atom. The number of nitrogens with one attached hydrogen (secondary N) is 2. The van der Waals surface area contributed by atoms with Gasteiger partial charge in [0.05, 0.1) is 5.01 Å². The van der Waals surface area contributed by atoms with E-state index in [2.05, 4.69) is 32.4 Å². The zero-order valence-electron chi connectivity index (χ0n) is 16.4. The summed E-state index contributed by atoms with van der Waals surface area (Å²) in [6.45, 7) is 6.88. The molecule has 0 spiro atoms. The van der Waals surface area contributed by atoms with Gasteiger partial charge in [-0.25, -0.2) is 4.98 Å². The molecule has 1 aromatic heterocycles. The smallest absolute Gasteiger partial charge is 0.220 e. The van der Waals surface area contributed by atoms with E-state index < -0.39 is 0 Å². The van der Waals surface area contributed by atoms with Crippen LogP contribution in [-0.2, 0) is 11.2 Å². The molecule has 0 saturated carbocycles. The number of rotatable bonds is 9. The number of carbonyl (C=O) groups is 1. The first-order chi connectivity index (χ1) is 12.6. The molecule has 1 aliphatic rings. The van der Waals surface area contributed by atoms with Crippen LogP contribution in [0.2, 0.25) is 0 Å². The number of thiazole rings is 1. The van der Waals surface area contributed by atoms with Crippen molar-refractivity contribution < 1.29 is 4.79 Å². The van der Waals surface area contributed by atoms with E-state index in [1.54, 1.807) is 18.4 Å². The number of unbranched alkanes of at least 4 members (excludes halogenated alkanes) is 1. The van der Waals surface area contributed by atoms with Gasteiger partial charge in [-0.15, -0.1) is 35.3 Å². The number of amides is 1. The summed E-state index contributed by atoms with van der Waals surface area (Å²) in [5, 5.41) is 7.85. The molecular formula is C18H33IN6OS. The highest BCUT2D eigenvalue weighted by atomic mass is 127. The summed E-state index contributed by atoms with van der Waals surface area (Å²) in [6, 6.07) is 0. The van der Waals surface area contributed by atoms with Gasteiger partial charge in [0.1, 0.15) is 0 Å². The zero-order chi connectivity index (χ0) is 18.8. The number of primary amides is 1. The number of halogens is 1. The minimum Gasteiger partial charge on any atom is -0.369 e. The molecule has 1 fully saturated rings. The number of nitrogens with two attached hydrogens (primary N) is 1. The SMILES string of the molecule is CN=C(NCCCCN1CCC(C(N)=O)CC1)NCCc1ncc(C)s1.I. The summed E-state index contributed by atoms with van der Waals surface area (Å²) in [6.07, 6.45) is 6.89. The molecule has 9 heteroatoms. The highest BCUT2D eigenvalue weighted by Gasteiger charge is 2.22. The molecule has 0 aromatic carbocycles. The maximum atomic E-state index is 11.2. The van der Waals surface area contributed by atoms with E-state index in [4.69, 9.17) is 5.73 Å². The average Bonchev–Trinajstić information content (AvgIpc) is 3.05. The fourth-order valence-corrected chi connectivity index (χ4v) is 3.92. The Labute approximate surface area is 183 Å². The van der Waals surface area contributed by atoms with Crippen LogP contribution < -0.4 is 16.4 Å². The normalized spacial score (nSPS) is 16.0. The predicted octanol–water partition coefficient (Wildman–Crippen LogP) is 1.75. The van der Waals surface area contributed by atoms with Gasteiger partial charge in [-0.05, 0) is 52.2 Å². The summed E-state index contributed by atoms with van der Waals surface area (Å²) in [7, 11) is 1.80. The number of aliphatic imine (C=N–C) groups is 1. The van der Waals surface area contributed by atoms with Gasteiger partial charge in [-0.1, -0.05) is 0 Å². The molecule has 2 heterocycles. The minimum atomic E-state index is -0.141. The van der Waals surface area contributed by atoms with Crippen molar-refractivity contribution >= 4 is 47.2 Å². The maximum absolute atomic E-state index is 11.2. The molecule has 154 valence electrons. The molecule has 1 amide bonds. The van der Waals surface area contributed by atoms with Crippen LogP contribution in [0.25, 0.3) is 0 Å².